The van der Waals surface area contributed by atoms with Crippen molar-refractivity contribution >= 4 is 23.3 Å². The van der Waals surface area contributed by atoms with Crippen LogP contribution in [0.5, 0.6) is 0 Å². The van der Waals surface area contributed by atoms with Gasteiger partial charge in [-0.25, -0.2) is 14.8 Å². The minimum atomic E-state index is -0.182. The van der Waals surface area contributed by atoms with Gasteiger partial charge < -0.3 is 29.7 Å². The Labute approximate surface area is 172 Å². The minimum absolute atomic E-state index is 0.0659. The number of nitrogens with one attached hydrogen (secondary N) is 2. The Morgan fingerprint density at radius 3 is 2.72 bits per heavy atom. The summed E-state index contributed by atoms with van der Waals surface area (Å²) >= 11 is 1.64. The smallest absolute Gasteiger partial charge is 0.317 e. The van der Waals surface area contributed by atoms with E-state index < -0.39 is 0 Å². The lowest BCUT2D eigenvalue weighted by molar-refractivity contribution is 0.0485. The van der Waals surface area contributed by atoms with Gasteiger partial charge >= 0.3 is 6.03 Å². The van der Waals surface area contributed by atoms with Crippen LogP contribution >= 0.6 is 11.3 Å². The molecule has 0 radical (unpaired) electrons. The monoisotopic (exact) mass is 417 g/mol. The molecule has 0 bridgehead atoms. The van der Waals surface area contributed by atoms with Crippen LogP contribution in [0.1, 0.15) is 0 Å². The Balaban J connectivity index is 1.20. The van der Waals surface area contributed by atoms with Crippen molar-refractivity contribution < 1.29 is 19.0 Å². The van der Waals surface area contributed by atoms with Crippen LogP contribution in [0.15, 0.2) is 29.8 Å². The van der Waals surface area contributed by atoms with Gasteiger partial charge in [0.05, 0.1) is 49.1 Å². The third-order valence-corrected chi connectivity index (χ3v) is 6.30. The van der Waals surface area contributed by atoms with Crippen LogP contribution in [-0.2, 0) is 14.2 Å². The molecule has 2 N–H and O–H groups in total. The van der Waals surface area contributed by atoms with Crippen LogP contribution < -0.4 is 10.6 Å². The third-order valence-electron chi connectivity index (χ3n) is 5.40. The number of carbonyl (C=O) groups excluding carboxylic acids is 1. The van der Waals surface area contributed by atoms with Crippen LogP contribution in [0.4, 0.5) is 10.7 Å². The standard InChI is InChI=1S/C19H23N5O4S/c25-19(24-5-7-26-8-6-24)23-14-11-28-16-13(10-27-17(14)16)22-18-20-4-3-12(21-18)15-2-1-9-29-15/h1-4,9,13-14,16-17H,5-8,10-11H2,(H,23,25)(H,20,21,22)/t13-,14+,16-,17+/m1/s1. The molecule has 3 saturated heterocycles. The van der Waals surface area contributed by atoms with Crippen LogP contribution in [0.3, 0.4) is 0 Å². The maximum absolute atomic E-state index is 12.5. The Morgan fingerprint density at radius 1 is 1.14 bits per heavy atom. The largest absolute Gasteiger partial charge is 0.378 e. The molecule has 0 aliphatic carbocycles. The molecule has 2 amide bonds. The number of ether oxygens (including phenoxy) is 3. The molecule has 0 aromatic carbocycles. The first-order valence-electron chi connectivity index (χ1n) is 9.78. The fourth-order valence-corrected chi connectivity index (χ4v) is 4.61. The number of anilines is 1. The Hall–Kier alpha value is -2.27. The second kappa shape index (κ2) is 8.23. The minimum Gasteiger partial charge on any atom is -0.378 e. The molecule has 3 aliphatic heterocycles. The Morgan fingerprint density at radius 2 is 1.93 bits per heavy atom. The van der Waals surface area contributed by atoms with Crippen molar-refractivity contribution in [3.8, 4) is 10.6 Å². The number of fused-ring (bicyclic) bond motifs is 1. The van der Waals surface area contributed by atoms with Crippen molar-refractivity contribution in [2.24, 2.45) is 0 Å². The Kier molecular flexibility index (Phi) is 5.32. The van der Waals surface area contributed by atoms with Gasteiger partial charge in [-0.1, -0.05) is 6.07 Å². The van der Waals surface area contributed by atoms with E-state index >= 15 is 0 Å². The second-order valence-electron chi connectivity index (χ2n) is 7.24. The Bertz CT molecular complexity index is 845. The van der Waals surface area contributed by atoms with Gasteiger partial charge in [-0.15, -0.1) is 11.3 Å². The average molecular weight is 417 g/mol. The van der Waals surface area contributed by atoms with E-state index in [0.717, 1.165) is 10.6 Å². The lowest BCUT2D eigenvalue weighted by atomic mass is 10.1. The maximum atomic E-state index is 12.5. The number of aromatic nitrogens is 2. The molecule has 2 aromatic heterocycles. The number of hydrogen-bond acceptors (Lipinski definition) is 8. The van der Waals surface area contributed by atoms with Crippen molar-refractivity contribution in [3.63, 3.8) is 0 Å². The molecule has 29 heavy (non-hydrogen) atoms. The quantitative estimate of drug-likeness (QED) is 0.771. The number of amides is 2. The van der Waals surface area contributed by atoms with E-state index in [4.69, 9.17) is 14.2 Å². The average Bonchev–Trinajstić information content (AvgIpc) is 3.49. The number of morpholine rings is 1. The highest BCUT2D eigenvalue weighted by atomic mass is 32.1. The molecule has 4 atom stereocenters. The zero-order chi connectivity index (χ0) is 19.6. The summed E-state index contributed by atoms with van der Waals surface area (Å²) in [6.45, 7) is 3.28. The summed E-state index contributed by atoms with van der Waals surface area (Å²) in [7, 11) is 0. The summed E-state index contributed by atoms with van der Waals surface area (Å²) in [5.74, 6) is 0.551. The zero-order valence-corrected chi connectivity index (χ0v) is 16.6. The molecule has 154 valence electrons. The van der Waals surface area contributed by atoms with E-state index in [2.05, 4.69) is 20.6 Å². The highest BCUT2D eigenvalue weighted by molar-refractivity contribution is 7.13. The molecule has 0 spiro atoms. The fraction of sp³-hybridized carbons (Fsp3) is 0.526. The summed E-state index contributed by atoms with van der Waals surface area (Å²) in [5, 5.41) is 8.43. The fourth-order valence-electron chi connectivity index (χ4n) is 3.92. The highest BCUT2D eigenvalue weighted by Crippen LogP contribution is 2.29. The predicted octanol–water partition coefficient (Wildman–Crippen LogP) is 1.19. The van der Waals surface area contributed by atoms with Crippen LogP contribution in [0.25, 0.3) is 10.6 Å². The molecule has 0 unspecified atom stereocenters. The molecule has 3 fully saturated rings. The molecule has 5 heterocycles. The normalized spacial score (nSPS) is 28.9. The number of hydrogen-bond donors (Lipinski definition) is 2. The second-order valence-corrected chi connectivity index (χ2v) is 8.19. The van der Waals surface area contributed by atoms with Gasteiger partial charge in [-0.2, -0.15) is 0 Å². The molecule has 5 rings (SSSR count). The first-order chi connectivity index (χ1) is 14.3. The van der Waals surface area contributed by atoms with Gasteiger partial charge in [-0.3, -0.25) is 0 Å². The van der Waals surface area contributed by atoms with Gasteiger partial charge in [0, 0.05) is 19.3 Å². The van der Waals surface area contributed by atoms with Crippen LogP contribution in [0.2, 0.25) is 0 Å². The topological polar surface area (TPSA) is 97.8 Å². The van der Waals surface area contributed by atoms with E-state index in [1.165, 1.54) is 0 Å². The maximum Gasteiger partial charge on any atom is 0.317 e. The number of thiophene rings is 1. The molecule has 10 heteroatoms. The summed E-state index contributed by atoms with van der Waals surface area (Å²) in [5.41, 5.74) is 0.885. The van der Waals surface area contributed by atoms with Crippen molar-refractivity contribution in [1.29, 1.82) is 0 Å². The number of urea groups is 1. The molecule has 0 saturated carbocycles. The van der Waals surface area contributed by atoms with Gasteiger partial charge in [0.25, 0.3) is 0 Å². The van der Waals surface area contributed by atoms with Crippen LogP contribution in [-0.4, -0.2) is 84.7 Å². The van der Waals surface area contributed by atoms with Crippen LogP contribution in [0, 0.1) is 0 Å². The molecule has 2 aromatic rings. The van der Waals surface area contributed by atoms with Gasteiger partial charge in [0.2, 0.25) is 5.95 Å². The summed E-state index contributed by atoms with van der Waals surface area (Å²) in [6.07, 6.45) is 1.41. The molecule has 3 aliphatic rings. The predicted molar refractivity (Wildman–Crippen MR) is 107 cm³/mol. The van der Waals surface area contributed by atoms with E-state index in [9.17, 15) is 4.79 Å². The number of nitrogens with zero attached hydrogens (tertiary/aromatic N) is 3. The van der Waals surface area contributed by atoms with Crippen molar-refractivity contribution in [1.82, 2.24) is 20.2 Å². The highest BCUT2D eigenvalue weighted by Gasteiger charge is 2.48. The first kappa shape index (κ1) is 18.7. The van der Waals surface area contributed by atoms with Crippen molar-refractivity contribution in [3.05, 3.63) is 29.8 Å². The lowest BCUT2D eigenvalue weighted by Crippen LogP contribution is -2.52. The third kappa shape index (κ3) is 3.93. The van der Waals surface area contributed by atoms with Crippen molar-refractivity contribution in [2.75, 3.05) is 44.8 Å². The summed E-state index contributed by atoms with van der Waals surface area (Å²) < 4.78 is 17.2. The summed E-state index contributed by atoms with van der Waals surface area (Å²) in [6, 6.07) is 5.61. The molecular formula is C19H23N5O4S. The molecular weight excluding hydrogens is 394 g/mol. The SMILES string of the molecule is O=C(N[C@H]1CO[C@H]2[C@H]1OC[C@H]2Nc1nccc(-c2cccs2)n1)N1CCOCC1. The van der Waals surface area contributed by atoms with Gasteiger partial charge in [0.1, 0.15) is 12.2 Å². The zero-order valence-electron chi connectivity index (χ0n) is 15.8. The molecule has 9 nitrogen and oxygen atoms in total. The number of carbonyl (C=O) groups is 1. The van der Waals surface area contributed by atoms with Gasteiger partial charge in [-0.05, 0) is 17.5 Å². The van der Waals surface area contributed by atoms with E-state index in [1.54, 1.807) is 22.4 Å². The van der Waals surface area contributed by atoms with Crippen molar-refractivity contribution in [2.45, 2.75) is 24.3 Å². The van der Waals surface area contributed by atoms with Gasteiger partial charge in [0.15, 0.2) is 0 Å². The van der Waals surface area contributed by atoms with E-state index in [-0.39, 0.29) is 30.3 Å². The number of rotatable bonds is 4. The first-order valence-corrected chi connectivity index (χ1v) is 10.7. The summed E-state index contributed by atoms with van der Waals surface area (Å²) in [4.78, 5) is 24.3. The van der Waals surface area contributed by atoms with E-state index in [0.29, 0.717) is 45.5 Å². The lowest BCUT2D eigenvalue weighted by Gasteiger charge is -2.29. The van der Waals surface area contributed by atoms with E-state index in [1.807, 2.05) is 23.6 Å².